The lowest BCUT2D eigenvalue weighted by Crippen LogP contribution is -2.13. The van der Waals surface area contributed by atoms with Crippen molar-refractivity contribution in [3.8, 4) is 5.75 Å². The molecule has 0 radical (unpaired) electrons. The highest BCUT2D eigenvalue weighted by Gasteiger charge is 2.24. The fraction of sp³-hybridized carbons (Fsp3) is 0.417. The molecule has 0 aliphatic carbocycles. The molecule has 1 aliphatic heterocycles. The number of carbonyl (C=O) groups excluding carboxylic acids is 1. The molecule has 0 saturated carbocycles. The Hall–Kier alpha value is -0.830. The Bertz CT molecular complexity index is 412. The van der Waals surface area contributed by atoms with Crippen LogP contribution >= 0.6 is 15.9 Å². The van der Waals surface area contributed by atoms with Crippen LogP contribution in [0, 0.1) is 13.8 Å². The molecule has 1 atom stereocenters. The summed E-state index contributed by atoms with van der Waals surface area (Å²) in [5, 5.41) is 0. The van der Waals surface area contributed by atoms with Gasteiger partial charge in [0.1, 0.15) is 5.75 Å². The fourth-order valence-corrected chi connectivity index (χ4v) is 2.11. The highest BCUT2D eigenvalue weighted by atomic mass is 79.9. The van der Waals surface area contributed by atoms with Crippen LogP contribution < -0.4 is 4.74 Å². The first-order chi connectivity index (χ1) is 7.09. The zero-order valence-corrected chi connectivity index (χ0v) is 10.4. The van der Waals surface area contributed by atoms with E-state index in [1.807, 2.05) is 26.0 Å². The number of ether oxygens (including phenoxy) is 1. The first-order valence-corrected chi connectivity index (χ1v) is 5.93. The molecule has 1 aliphatic rings. The minimum Gasteiger partial charge on any atom is -0.493 e. The average Bonchev–Trinajstić information content (AvgIpc) is 2.32. The highest BCUT2D eigenvalue weighted by Crippen LogP contribution is 2.29. The number of Topliss-reactive ketones (excluding diaryl/α,β-unsaturated/α-hetero) is 1. The van der Waals surface area contributed by atoms with Crippen LogP contribution in [0.15, 0.2) is 12.1 Å². The number of hydrogen-bond acceptors (Lipinski definition) is 2. The second-order valence-electron chi connectivity index (χ2n) is 3.90. The van der Waals surface area contributed by atoms with Gasteiger partial charge in [-0.3, -0.25) is 4.79 Å². The van der Waals surface area contributed by atoms with Crippen LogP contribution in [0.5, 0.6) is 5.75 Å². The first kappa shape index (κ1) is 10.7. The summed E-state index contributed by atoms with van der Waals surface area (Å²) in [7, 11) is 0. The lowest BCUT2D eigenvalue weighted by molar-refractivity contribution is 0.0991. The van der Waals surface area contributed by atoms with Crippen molar-refractivity contribution in [2.75, 3.05) is 6.61 Å². The number of aryl methyl sites for hydroxylation is 2. The molecule has 1 unspecified atom stereocenters. The predicted octanol–water partition coefficient (Wildman–Crippen LogP) is 3.03. The molecule has 1 aromatic carbocycles. The highest BCUT2D eigenvalue weighted by molar-refractivity contribution is 9.10. The number of halogens is 1. The number of rotatable bonds is 0. The molecule has 0 aromatic heterocycles. The molecular weight excluding hydrogens is 256 g/mol. The number of ketones is 1. The van der Waals surface area contributed by atoms with E-state index in [1.165, 1.54) is 0 Å². The summed E-state index contributed by atoms with van der Waals surface area (Å²) in [6, 6.07) is 3.88. The van der Waals surface area contributed by atoms with E-state index < -0.39 is 0 Å². The maximum atomic E-state index is 12.0. The van der Waals surface area contributed by atoms with E-state index in [0.717, 1.165) is 23.3 Å². The summed E-state index contributed by atoms with van der Waals surface area (Å²) in [4.78, 5) is 11.9. The molecule has 15 heavy (non-hydrogen) atoms. The molecule has 0 bridgehead atoms. The second-order valence-corrected chi connectivity index (χ2v) is 5.01. The van der Waals surface area contributed by atoms with Crippen molar-refractivity contribution in [2.45, 2.75) is 25.1 Å². The molecule has 0 saturated heterocycles. The molecule has 0 fully saturated rings. The third kappa shape index (κ3) is 1.93. The molecule has 1 aromatic rings. The molecule has 80 valence electrons. The van der Waals surface area contributed by atoms with Gasteiger partial charge in [-0.2, -0.15) is 0 Å². The van der Waals surface area contributed by atoms with Gasteiger partial charge in [0, 0.05) is 6.42 Å². The summed E-state index contributed by atoms with van der Waals surface area (Å²) in [5.74, 6) is 0.857. The first-order valence-electron chi connectivity index (χ1n) is 5.02. The summed E-state index contributed by atoms with van der Waals surface area (Å²) in [6.45, 7) is 4.63. The van der Waals surface area contributed by atoms with Crippen LogP contribution in [0.2, 0.25) is 0 Å². The minimum atomic E-state index is -0.110. The standard InChI is InChI=1S/C12H13BrO2/c1-7-5-9-11(6-8(7)2)15-4-3-10(13)12(9)14/h5-6,10H,3-4H2,1-2H3. The minimum absolute atomic E-state index is 0.110. The van der Waals surface area contributed by atoms with E-state index in [9.17, 15) is 4.79 Å². The van der Waals surface area contributed by atoms with Crippen LogP contribution in [-0.4, -0.2) is 17.2 Å². The lowest BCUT2D eigenvalue weighted by Gasteiger charge is -2.09. The SMILES string of the molecule is Cc1cc2c(cc1C)C(=O)C(Br)CCO2. The molecule has 0 amide bonds. The number of carbonyl (C=O) groups is 1. The largest absolute Gasteiger partial charge is 0.493 e. The van der Waals surface area contributed by atoms with Gasteiger partial charge in [0.2, 0.25) is 0 Å². The number of hydrogen-bond donors (Lipinski definition) is 0. The summed E-state index contributed by atoms with van der Waals surface area (Å²) in [6.07, 6.45) is 0.728. The van der Waals surface area contributed by atoms with Crippen molar-refractivity contribution in [3.05, 3.63) is 28.8 Å². The van der Waals surface area contributed by atoms with Crippen LogP contribution in [-0.2, 0) is 0 Å². The molecule has 1 heterocycles. The molecule has 2 rings (SSSR count). The van der Waals surface area contributed by atoms with E-state index in [4.69, 9.17) is 4.74 Å². The van der Waals surface area contributed by atoms with Crippen LogP contribution in [0.4, 0.5) is 0 Å². The Kier molecular flexibility index (Phi) is 2.83. The maximum absolute atomic E-state index is 12.0. The Balaban J connectivity index is 2.54. The summed E-state index contributed by atoms with van der Waals surface area (Å²) in [5.41, 5.74) is 3.00. The summed E-state index contributed by atoms with van der Waals surface area (Å²) >= 11 is 3.39. The zero-order valence-electron chi connectivity index (χ0n) is 8.84. The number of fused-ring (bicyclic) bond motifs is 1. The van der Waals surface area contributed by atoms with E-state index in [2.05, 4.69) is 15.9 Å². The van der Waals surface area contributed by atoms with Gasteiger partial charge in [-0.1, -0.05) is 15.9 Å². The zero-order chi connectivity index (χ0) is 11.0. The quantitative estimate of drug-likeness (QED) is 0.677. The molecular formula is C12H13BrO2. The van der Waals surface area contributed by atoms with Gasteiger partial charge in [0.25, 0.3) is 0 Å². The molecule has 0 spiro atoms. The molecule has 2 nitrogen and oxygen atoms in total. The van der Waals surface area contributed by atoms with Crippen molar-refractivity contribution in [1.82, 2.24) is 0 Å². The van der Waals surface area contributed by atoms with Gasteiger partial charge in [-0.25, -0.2) is 0 Å². The van der Waals surface area contributed by atoms with Crippen molar-refractivity contribution in [1.29, 1.82) is 0 Å². The van der Waals surface area contributed by atoms with Crippen LogP contribution in [0.25, 0.3) is 0 Å². The maximum Gasteiger partial charge on any atom is 0.180 e. The van der Waals surface area contributed by atoms with Crippen LogP contribution in [0.1, 0.15) is 27.9 Å². The number of alkyl halides is 1. The Morgan fingerprint density at radius 3 is 2.73 bits per heavy atom. The number of benzene rings is 1. The lowest BCUT2D eigenvalue weighted by atomic mass is 10.0. The third-order valence-electron chi connectivity index (χ3n) is 2.77. The van der Waals surface area contributed by atoms with Gasteiger partial charge in [-0.15, -0.1) is 0 Å². The van der Waals surface area contributed by atoms with E-state index in [0.29, 0.717) is 12.2 Å². The van der Waals surface area contributed by atoms with Gasteiger partial charge < -0.3 is 4.74 Å². The molecule has 0 N–H and O–H groups in total. The van der Waals surface area contributed by atoms with Gasteiger partial charge in [0.15, 0.2) is 5.78 Å². The van der Waals surface area contributed by atoms with Gasteiger partial charge in [-0.05, 0) is 37.1 Å². The van der Waals surface area contributed by atoms with Crippen molar-refractivity contribution >= 4 is 21.7 Å². The van der Waals surface area contributed by atoms with Crippen LogP contribution in [0.3, 0.4) is 0 Å². The van der Waals surface area contributed by atoms with Crippen molar-refractivity contribution in [2.24, 2.45) is 0 Å². The Morgan fingerprint density at radius 1 is 1.33 bits per heavy atom. The predicted molar refractivity (Wildman–Crippen MR) is 63.1 cm³/mol. The Morgan fingerprint density at radius 2 is 2.00 bits per heavy atom. The Labute approximate surface area is 97.8 Å². The topological polar surface area (TPSA) is 26.3 Å². The van der Waals surface area contributed by atoms with Crippen molar-refractivity contribution < 1.29 is 9.53 Å². The van der Waals surface area contributed by atoms with E-state index >= 15 is 0 Å². The average molecular weight is 269 g/mol. The third-order valence-corrected chi connectivity index (χ3v) is 3.65. The molecule has 3 heteroatoms. The summed E-state index contributed by atoms with van der Waals surface area (Å²) < 4.78 is 5.57. The van der Waals surface area contributed by atoms with Gasteiger partial charge in [0.05, 0.1) is 17.0 Å². The second kappa shape index (κ2) is 3.97. The monoisotopic (exact) mass is 268 g/mol. The van der Waals surface area contributed by atoms with E-state index in [1.54, 1.807) is 0 Å². The van der Waals surface area contributed by atoms with Crippen molar-refractivity contribution in [3.63, 3.8) is 0 Å². The fourth-order valence-electron chi connectivity index (χ4n) is 1.67. The van der Waals surface area contributed by atoms with Gasteiger partial charge >= 0.3 is 0 Å². The smallest absolute Gasteiger partial charge is 0.180 e. The van der Waals surface area contributed by atoms with E-state index in [-0.39, 0.29) is 10.6 Å². The normalized spacial score (nSPS) is 20.5.